The first kappa shape index (κ1) is 16.0. The van der Waals surface area contributed by atoms with Gasteiger partial charge in [-0.2, -0.15) is 0 Å². The first-order chi connectivity index (χ1) is 11.7. The van der Waals surface area contributed by atoms with Crippen molar-refractivity contribution in [1.29, 1.82) is 0 Å². The molecule has 0 aliphatic carbocycles. The molecule has 3 saturated heterocycles. The quantitative estimate of drug-likeness (QED) is 0.854. The summed E-state index contributed by atoms with van der Waals surface area (Å²) in [5.41, 5.74) is 1.29. The summed E-state index contributed by atoms with van der Waals surface area (Å²) in [7, 11) is 0. The van der Waals surface area contributed by atoms with E-state index >= 15 is 0 Å². The number of hydrogen-bond donors (Lipinski definition) is 0. The second-order valence-corrected chi connectivity index (χ2v) is 8.22. The molecule has 0 N–H and O–H groups in total. The fourth-order valence-corrected chi connectivity index (χ4v) is 5.14. The van der Waals surface area contributed by atoms with Gasteiger partial charge in [0.15, 0.2) is 0 Å². The molecule has 2 bridgehead atoms. The number of aryl methyl sites for hydroxylation is 2. The number of piperidine rings is 1. The molecule has 5 nitrogen and oxygen atoms in total. The van der Waals surface area contributed by atoms with Crippen LogP contribution in [0.3, 0.4) is 0 Å². The number of hydrogen-bond acceptors (Lipinski definition) is 6. The standard InChI is InChI=1S/C18H25N5S/c1-3-16-17(24-13(2)21-16)12-22-9-14-5-6-15(22)11-23(10-14)18-19-7-4-8-20-18/h4,7-8,14-15H,3,5-6,9-12H2,1-2H3/t14-,15-/m1/s1. The van der Waals surface area contributed by atoms with Crippen LogP contribution in [-0.2, 0) is 13.0 Å². The van der Waals surface area contributed by atoms with Crippen molar-refractivity contribution in [3.8, 4) is 0 Å². The van der Waals surface area contributed by atoms with Crippen LogP contribution in [0.25, 0.3) is 0 Å². The van der Waals surface area contributed by atoms with Crippen LogP contribution in [0.15, 0.2) is 18.5 Å². The fraction of sp³-hybridized carbons (Fsp3) is 0.611. The number of fused-ring (bicyclic) bond motifs is 4. The third kappa shape index (κ3) is 3.17. The van der Waals surface area contributed by atoms with Crippen LogP contribution in [0.4, 0.5) is 5.95 Å². The minimum Gasteiger partial charge on any atom is -0.339 e. The molecule has 6 heteroatoms. The number of nitrogens with zero attached hydrogens (tertiary/aromatic N) is 5. The molecule has 5 rings (SSSR count). The monoisotopic (exact) mass is 343 g/mol. The van der Waals surface area contributed by atoms with E-state index in [4.69, 9.17) is 4.98 Å². The molecule has 0 unspecified atom stereocenters. The van der Waals surface area contributed by atoms with E-state index in [2.05, 4.69) is 33.6 Å². The Hall–Kier alpha value is -1.53. The molecule has 3 aliphatic rings. The van der Waals surface area contributed by atoms with E-state index in [1.165, 1.54) is 35.0 Å². The van der Waals surface area contributed by atoms with Gasteiger partial charge >= 0.3 is 0 Å². The smallest absolute Gasteiger partial charge is 0.225 e. The van der Waals surface area contributed by atoms with E-state index in [-0.39, 0.29) is 0 Å². The van der Waals surface area contributed by atoms with Crippen LogP contribution >= 0.6 is 11.3 Å². The van der Waals surface area contributed by atoms with Gasteiger partial charge in [0.05, 0.1) is 10.7 Å². The molecular weight excluding hydrogens is 318 g/mol. The zero-order chi connectivity index (χ0) is 16.5. The average Bonchev–Trinajstić information content (AvgIpc) is 2.76. The van der Waals surface area contributed by atoms with Crippen molar-refractivity contribution in [2.75, 3.05) is 24.5 Å². The Balaban J connectivity index is 1.52. The van der Waals surface area contributed by atoms with E-state index < -0.39 is 0 Å². The molecule has 128 valence electrons. The maximum absolute atomic E-state index is 4.70. The van der Waals surface area contributed by atoms with Crippen molar-refractivity contribution in [3.05, 3.63) is 34.0 Å². The fourth-order valence-electron chi connectivity index (χ4n) is 4.09. The Labute approximate surface area is 147 Å². The average molecular weight is 344 g/mol. The van der Waals surface area contributed by atoms with Crippen molar-refractivity contribution < 1.29 is 0 Å². The largest absolute Gasteiger partial charge is 0.339 e. The predicted octanol–water partition coefficient (Wildman–Crippen LogP) is 2.90. The maximum atomic E-state index is 4.70. The molecule has 3 fully saturated rings. The van der Waals surface area contributed by atoms with Gasteiger partial charge in [-0.3, -0.25) is 4.90 Å². The highest BCUT2D eigenvalue weighted by atomic mass is 32.1. The molecule has 2 aromatic rings. The maximum Gasteiger partial charge on any atom is 0.225 e. The second kappa shape index (κ2) is 6.76. The summed E-state index contributed by atoms with van der Waals surface area (Å²) in [6, 6.07) is 2.49. The van der Waals surface area contributed by atoms with Gasteiger partial charge in [-0.15, -0.1) is 11.3 Å². The second-order valence-electron chi connectivity index (χ2n) is 6.94. The highest BCUT2D eigenvalue weighted by Crippen LogP contribution is 2.32. The summed E-state index contributed by atoms with van der Waals surface area (Å²) in [6.07, 6.45) is 7.34. The van der Waals surface area contributed by atoms with Gasteiger partial charge in [0.1, 0.15) is 0 Å². The lowest BCUT2D eigenvalue weighted by atomic mass is 9.95. The summed E-state index contributed by atoms with van der Waals surface area (Å²) in [6.45, 7) is 8.70. The summed E-state index contributed by atoms with van der Waals surface area (Å²) in [5, 5.41) is 1.20. The molecule has 0 spiro atoms. The first-order valence-corrected chi connectivity index (χ1v) is 9.75. The van der Waals surface area contributed by atoms with Crippen molar-refractivity contribution in [2.45, 2.75) is 45.7 Å². The van der Waals surface area contributed by atoms with Crippen LogP contribution in [0.2, 0.25) is 0 Å². The normalized spacial score (nSPS) is 24.3. The van der Waals surface area contributed by atoms with Gasteiger partial charge in [-0.05, 0) is 38.2 Å². The number of anilines is 1. The zero-order valence-electron chi connectivity index (χ0n) is 14.5. The van der Waals surface area contributed by atoms with E-state index in [9.17, 15) is 0 Å². The highest BCUT2D eigenvalue weighted by Gasteiger charge is 2.36. The summed E-state index contributed by atoms with van der Waals surface area (Å²) in [5.74, 6) is 1.60. The van der Waals surface area contributed by atoms with E-state index in [0.717, 1.165) is 32.0 Å². The molecule has 0 radical (unpaired) electrons. The van der Waals surface area contributed by atoms with Crippen molar-refractivity contribution in [1.82, 2.24) is 19.9 Å². The lowest BCUT2D eigenvalue weighted by Crippen LogP contribution is -2.43. The Morgan fingerprint density at radius 2 is 2.00 bits per heavy atom. The Morgan fingerprint density at radius 1 is 1.17 bits per heavy atom. The van der Waals surface area contributed by atoms with Crippen molar-refractivity contribution in [2.24, 2.45) is 5.92 Å². The number of rotatable bonds is 4. The third-order valence-electron chi connectivity index (χ3n) is 5.23. The van der Waals surface area contributed by atoms with Gasteiger partial charge in [0.2, 0.25) is 5.95 Å². The minimum atomic E-state index is 0.597. The van der Waals surface area contributed by atoms with E-state index in [0.29, 0.717) is 12.0 Å². The molecule has 0 saturated carbocycles. The summed E-state index contributed by atoms with van der Waals surface area (Å²) in [4.78, 5) is 20.2. The van der Waals surface area contributed by atoms with Crippen LogP contribution < -0.4 is 4.90 Å². The van der Waals surface area contributed by atoms with E-state index in [1.54, 1.807) is 0 Å². The topological polar surface area (TPSA) is 45.2 Å². The minimum absolute atomic E-state index is 0.597. The molecule has 2 aromatic heterocycles. The van der Waals surface area contributed by atoms with Gasteiger partial charge in [-0.1, -0.05) is 6.92 Å². The Morgan fingerprint density at radius 3 is 2.79 bits per heavy atom. The molecule has 2 atom stereocenters. The molecular formula is C18H25N5S. The third-order valence-corrected chi connectivity index (χ3v) is 6.23. The number of aromatic nitrogens is 3. The van der Waals surface area contributed by atoms with Gasteiger partial charge in [0.25, 0.3) is 0 Å². The van der Waals surface area contributed by atoms with E-state index in [1.807, 2.05) is 29.8 Å². The highest BCUT2D eigenvalue weighted by molar-refractivity contribution is 7.11. The summed E-state index contributed by atoms with van der Waals surface area (Å²) >= 11 is 1.87. The number of thiazole rings is 1. The molecule has 0 amide bonds. The Bertz CT molecular complexity index is 686. The van der Waals surface area contributed by atoms with Crippen LogP contribution in [0, 0.1) is 12.8 Å². The lowest BCUT2D eigenvalue weighted by Gasteiger charge is -2.35. The molecule has 3 aliphatic heterocycles. The molecule has 24 heavy (non-hydrogen) atoms. The van der Waals surface area contributed by atoms with Crippen LogP contribution in [0.5, 0.6) is 0 Å². The molecule has 0 aromatic carbocycles. The van der Waals surface area contributed by atoms with Crippen LogP contribution in [-0.4, -0.2) is 45.5 Å². The van der Waals surface area contributed by atoms with Gasteiger partial charge in [-0.25, -0.2) is 15.0 Å². The van der Waals surface area contributed by atoms with Crippen molar-refractivity contribution >= 4 is 17.3 Å². The Kier molecular flexibility index (Phi) is 4.50. The predicted molar refractivity (Wildman–Crippen MR) is 97.4 cm³/mol. The first-order valence-electron chi connectivity index (χ1n) is 8.94. The summed E-state index contributed by atoms with van der Waals surface area (Å²) < 4.78 is 0. The van der Waals surface area contributed by atoms with Crippen molar-refractivity contribution in [3.63, 3.8) is 0 Å². The SMILES string of the molecule is CCc1nc(C)sc1CN1C[C@H]2CC[C@@H]1CN(c1ncccn1)C2. The molecule has 5 heterocycles. The lowest BCUT2D eigenvalue weighted by molar-refractivity contribution is 0.127. The van der Waals surface area contributed by atoms with Gasteiger partial charge < -0.3 is 4.90 Å². The van der Waals surface area contributed by atoms with Crippen LogP contribution in [0.1, 0.15) is 35.3 Å². The van der Waals surface area contributed by atoms with Gasteiger partial charge in [0, 0.05) is 49.5 Å². The zero-order valence-corrected chi connectivity index (χ0v) is 15.3.